The average Bonchev–Trinajstić information content (AvgIpc) is 2.58. The summed E-state index contributed by atoms with van der Waals surface area (Å²) in [5, 5.41) is 3.79. The number of fused-ring (bicyclic) bond motifs is 1. The van der Waals surface area contributed by atoms with Gasteiger partial charge < -0.3 is 10.1 Å². The standard InChI is InChI=1S/C19H18FN3O2/c1-4-25-19(24)15-10-21-18-14(8-6-12(3)22-18)17(15)23-13-7-5-11(2)16(20)9-13/h5-10H,4H2,1-3H3,(H,21,22,23). The van der Waals surface area contributed by atoms with E-state index in [9.17, 15) is 9.18 Å². The summed E-state index contributed by atoms with van der Waals surface area (Å²) in [4.78, 5) is 20.9. The SMILES string of the molecule is CCOC(=O)c1cnc2nc(C)ccc2c1Nc1ccc(C)c(F)c1. The molecule has 3 aromatic rings. The van der Waals surface area contributed by atoms with Crippen molar-refractivity contribution in [3.8, 4) is 0 Å². The van der Waals surface area contributed by atoms with E-state index in [1.165, 1.54) is 12.3 Å². The first kappa shape index (κ1) is 16.8. The van der Waals surface area contributed by atoms with Crippen molar-refractivity contribution >= 4 is 28.4 Å². The number of carbonyl (C=O) groups excluding carboxylic acids is 1. The first-order valence-corrected chi connectivity index (χ1v) is 7.96. The van der Waals surface area contributed by atoms with Crippen LogP contribution in [0.15, 0.2) is 36.5 Å². The molecule has 0 fully saturated rings. The highest BCUT2D eigenvalue weighted by molar-refractivity contribution is 6.05. The number of esters is 1. The van der Waals surface area contributed by atoms with Crippen LogP contribution < -0.4 is 5.32 Å². The lowest BCUT2D eigenvalue weighted by Gasteiger charge is -2.14. The zero-order valence-electron chi connectivity index (χ0n) is 14.3. The zero-order chi connectivity index (χ0) is 18.0. The van der Waals surface area contributed by atoms with Gasteiger partial charge in [-0.3, -0.25) is 0 Å². The van der Waals surface area contributed by atoms with Crippen molar-refractivity contribution in [1.82, 2.24) is 9.97 Å². The molecule has 2 aromatic heterocycles. The van der Waals surface area contributed by atoms with E-state index >= 15 is 0 Å². The highest BCUT2D eigenvalue weighted by atomic mass is 19.1. The summed E-state index contributed by atoms with van der Waals surface area (Å²) in [5.41, 5.74) is 3.18. The normalized spacial score (nSPS) is 10.7. The Morgan fingerprint density at radius 2 is 2.04 bits per heavy atom. The second-order valence-corrected chi connectivity index (χ2v) is 5.68. The number of nitrogens with zero attached hydrogens (tertiary/aromatic N) is 2. The summed E-state index contributed by atoms with van der Waals surface area (Å²) >= 11 is 0. The highest BCUT2D eigenvalue weighted by Crippen LogP contribution is 2.29. The number of ether oxygens (including phenoxy) is 1. The maximum atomic E-state index is 13.9. The molecule has 0 atom stereocenters. The molecule has 0 amide bonds. The Bertz CT molecular complexity index is 957. The number of rotatable bonds is 4. The largest absolute Gasteiger partial charge is 0.462 e. The third-order valence-corrected chi connectivity index (χ3v) is 3.81. The Balaban J connectivity index is 2.15. The fraction of sp³-hybridized carbons (Fsp3) is 0.211. The number of aromatic nitrogens is 2. The first-order valence-electron chi connectivity index (χ1n) is 7.96. The van der Waals surface area contributed by atoms with Crippen LogP contribution >= 0.6 is 0 Å². The van der Waals surface area contributed by atoms with Gasteiger partial charge in [0.15, 0.2) is 5.65 Å². The second kappa shape index (κ2) is 6.84. The number of hydrogen-bond donors (Lipinski definition) is 1. The van der Waals surface area contributed by atoms with Crippen LogP contribution in [0, 0.1) is 19.7 Å². The molecule has 0 aliphatic rings. The number of benzene rings is 1. The van der Waals surface area contributed by atoms with E-state index in [0.717, 1.165) is 5.69 Å². The molecule has 25 heavy (non-hydrogen) atoms. The van der Waals surface area contributed by atoms with E-state index in [1.807, 2.05) is 19.1 Å². The number of aryl methyl sites for hydroxylation is 2. The van der Waals surface area contributed by atoms with E-state index in [-0.39, 0.29) is 18.0 Å². The van der Waals surface area contributed by atoms with Gasteiger partial charge in [0.05, 0.1) is 12.3 Å². The number of nitrogens with one attached hydrogen (secondary N) is 1. The van der Waals surface area contributed by atoms with E-state index in [0.29, 0.717) is 28.0 Å². The molecule has 0 aliphatic heterocycles. The molecule has 6 heteroatoms. The van der Waals surface area contributed by atoms with Gasteiger partial charge in [-0.2, -0.15) is 0 Å². The molecule has 2 heterocycles. The third-order valence-electron chi connectivity index (χ3n) is 3.81. The van der Waals surface area contributed by atoms with Crippen LogP contribution in [0.25, 0.3) is 11.0 Å². The van der Waals surface area contributed by atoms with Crippen molar-refractivity contribution in [3.63, 3.8) is 0 Å². The molecule has 0 saturated carbocycles. The predicted molar refractivity (Wildman–Crippen MR) is 94.7 cm³/mol. The van der Waals surface area contributed by atoms with Crippen molar-refractivity contribution in [2.45, 2.75) is 20.8 Å². The molecule has 5 nitrogen and oxygen atoms in total. The minimum atomic E-state index is -0.493. The van der Waals surface area contributed by atoms with Crippen molar-refractivity contribution < 1.29 is 13.9 Å². The van der Waals surface area contributed by atoms with E-state index in [2.05, 4.69) is 15.3 Å². The van der Waals surface area contributed by atoms with Gasteiger partial charge in [-0.25, -0.2) is 19.2 Å². The maximum absolute atomic E-state index is 13.9. The summed E-state index contributed by atoms with van der Waals surface area (Å²) in [5.74, 6) is -0.817. The summed E-state index contributed by atoms with van der Waals surface area (Å²) in [7, 11) is 0. The summed E-state index contributed by atoms with van der Waals surface area (Å²) < 4.78 is 19.0. The van der Waals surface area contributed by atoms with Crippen LogP contribution in [0.3, 0.4) is 0 Å². The highest BCUT2D eigenvalue weighted by Gasteiger charge is 2.18. The molecule has 0 saturated heterocycles. The van der Waals surface area contributed by atoms with Gasteiger partial charge in [-0.15, -0.1) is 0 Å². The number of carbonyl (C=O) groups is 1. The molecule has 0 radical (unpaired) electrons. The van der Waals surface area contributed by atoms with E-state index in [4.69, 9.17) is 4.74 Å². The minimum Gasteiger partial charge on any atom is -0.462 e. The van der Waals surface area contributed by atoms with Crippen molar-refractivity contribution in [3.05, 3.63) is 59.2 Å². The quantitative estimate of drug-likeness (QED) is 0.718. The first-order chi connectivity index (χ1) is 12.0. The average molecular weight is 339 g/mol. The zero-order valence-corrected chi connectivity index (χ0v) is 14.3. The Morgan fingerprint density at radius 1 is 1.24 bits per heavy atom. The van der Waals surface area contributed by atoms with Crippen molar-refractivity contribution in [2.75, 3.05) is 11.9 Å². The second-order valence-electron chi connectivity index (χ2n) is 5.68. The lowest BCUT2D eigenvalue weighted by atomic mass is 10.1. The molecule has 0 aliphatic carbocycles. The van der Waals surface area contributed by atoms with E-state index in [1.54, 1.807) is 26.0 Å². The Kier molecular flexibility index (Phi) is 4.61. The monoisotopic (exact) mass is 339 g/mol. The van der Waals surface area contributed by atoms with Gasteiger partial charge in [0.2, 0.25) is 0 Å². The van der Waals surface area contributed by atoms with Crippen LogP contribution in [0.4, 0.5) is 15.8 Å². The summed E-state index contributed by atoms with van der Waals surface area (Å²) in [6, 6.07) is 8.48. The van der Waals surface area contributed by atoms with Crippen LogP contribution in [-0.2, 0) is 4.74 Å². The van der Waals surface area contributed by atoms with Crippen LogP contribution in [0.5, 0.6) is 0 Å². The number of anilines is 2. The lowest BCUT2D eigenvalue weighted by molar-refractivity contribution is 0.0527. The molecule has 0 bridgehead atoms. The molecule has 0 spiro atoms. The third kappa shape index (κ3) is 3.42. The molecular formula is C19H18FN3O2. The summed E-state index contributed by atoms with van der Waals surface area (Å²) in [6.45, 7) is 5.54. The van der Waals surface area contributed by atoms with Gasteiger partial charge in [0, 0.05) is 23.0 Å². The number of halogens is 1. The van der Waals surface area contributed by atoms with Gasteiger partial charge in [-0.05, 0) is 50.6 Å². The van der Waals surface area contributed by atoms with E-state index < -0.39 is 5.97 Å². The molecule has 1 aromatic carbocycles. The maximum Gasteiger partial charge on any atom is 0.341 e. The smallest absolute Gasteiger partial charge is 0.341 e. The molecule has 0 unspecified atom stereocenters. The Hall–Kier alpha value is -3.02. The molecule has 3 rings (SSSR count). The Labute approximate surface area is 144 Å². The van der Waals surface area contributed by atoms with Crippen LogP contribution in [-0.4, -0.2) is 22.5 Å². The Morgan fingerprint density at radius 3 is 2.76 bits per heavy atom. The van der Waals surface area contributed by atoms with Crippen molar-refractivity contribution in [1.29, 1.82) is 0 Å². The molecular weight excluding hydrogens is 321 g/mol. The minimum absolute atomic E-state index is 0.252. The fourth-order valence-corrected chi connectivity index (χ4v) is 2.49. The summed E-state index contributed by atoms with van der Waals surface area (Å²) in [6.07, 6.45) is 1.43. The molecule has 1 N–H and O–H groups in total. The predicted octanol–water partition coefficient (Wildman–Crippen LogP) is 4.31. The van der Waals surface area contributed by atoms with Crippen LogP contribution in [0.1, 0.15) is 28.5 Å². The fourth-order valence-electron chi connectivity index (χ4n) is 2.49. The topological polar surface area (TPSA) is 64.1 Å². The molecule has 128 valence electrons. The van der Waals surface area contributed by atoms with Gasteiger partial charge >= 0.3 is 5.97 Å². The van der Waals surface area contributed by atoms with Crippen LogP contribution in [0.2, 0.25) is 0 Å². The number of hydrogen-bond acceptors (Lipinski definition) is 5. The van der Waals surface area contributed by atoms with Gasteiger partial charge in [0.25, 0.3) is 0 Å². The van der Waals surface area contributed by atoms with Gasteiger partial charge in [-0.1, -0.05) is 6.07 Å². The number of pyridine rings is 2. The van der Waals surface area contributed by atoms with Gasteiger partial charge in [0.1, 0.15) is 11.4 Å². The van der Waals surface area contributed by atoms with Crippen molar-refractivity contribution in [2.24, 2.45) is 0 Å². The lowest BCUT2D eigenvalue weighted by Crippen LogP contribution is -2.10.